The molecule has 3 nitrogen and oxygen atoms in total. The molecule has 2 heterocycles. The third-order valence-corrected chi connectivity index (χ3v) is 3.88. The van der Waals surface area contributed by atoms with Crippen molar-refractivity contribution in [3.8, 4) is 6.07 Å². The normalized spacial score (nSPS) is 30.9. The molecule has 1 aromatic rings. The summed E-state index contributed by atoms with van der Waals surface area (Å²) in [5.74, 6) is 0. The molecule has 2 aliphatic heterocycles. The molecule has 2 unspecified atom stereocenters. The van der Waals surface area contributed by atoms with Gasteiger partial charge in [-0.05, 0) is 37.8 Å². The number of benzene rings is 1. The smallest absolute Gasteiger partial charge is 0.101 e. The Morgan fingerprint density at radius 2 is 1.88 bits per heavy atom. The van der Waals surface area contributed by atoms with Crippen molar-refractivity contribution >= 4 is 5.69 Å². The van der Waals surface area contributed by atoms with E-state index in [1.54, 1.807) is 0 Å². The molecule has 1 aromatic carbocycles. The van der Waals surface area contributed by atoms with Gasteiger partial charge in [-0.1, -0.05) is 12.1 Å². The number of fused-ring (bicyclic) bond motifs is 2. The SMILES string of the molecule is N#Cc1ccccc1NC1CC2CCC(C1)N2. The van der Waals surface area contributed by atoms with Crippen molar-refractivity contribution in [3.05, 3.63) is 29.8 Å². The molecule has 2 fully saturated rings. The molecule has 3 rings (SSSR count). The summed E-state index contributed by atoms with van der Waals surface area (Å²) in [6, 6.07) is 11.9. The van der Waals surface area contributed by atoms with Gasteiger partial charge in [0.25, 0.3) is 0 Å². The number of rotatable bonds is 2. The van der Waals surface area contributed by atoms with Crippen LogP contribution in [0.25, 0.3) is 0 Å². The van der Waals surface area contributed by atoms with Gasteiger partial charge in [0.1, 0.15) is 6.07 Å². The minimum atomic E-state index is 0.517. The molecule has 0 aliphatic carbocycles. The van der Waals surface area contributed by atoms with Gasteiger partial charge in [-0.25, -0.2) is 0 Å². The molecule has 0 amide bonds. The number of nitrogens with zero attached hydrogens (tertiary/aromatic N) is 1. The summed E-state index contributed by atoms with van der Waals surface area (Å²) >= 11 is 0. The molecule has 0 aromatic heterocycles. The van der Waals surface area contributed by atoms with E-state index in [0.29, 0.717) is 18.1 Å². The van der Waals surface area contributed by atoms with Crippen molar-refractivity contribution in [1.29, 1.82) is 5.26 Å². The maximum atomic E-state index is 9.06. The number of hydrogen-bond acceptors (Lipinski definition) is 3. The number of piperidine rings is 1. The molecule has 3 heteroatoms. The van der Waals surface area contributed by atoms with E-state index in [1.165, 1.54) is 25.7 Å². The van der Waals surface area contributed by atoms with Crippen LogP contribution < -0.4 is 10.6 Å². The molecular weight excluding hydrogens is 210 g/mol. The molecule has 0 saturated carbocycles. The minimum Gasteiger partial charge on any atom is -0.381 e. The quantitative estimate of drug-likeness (QED) is 0.814. The Bertz CT molecular complexity index is 437. The zero-order chi connectivity index (χ0) is 11.7. The van der Waals surface area contributed by atoms with E-state index >= 15 is 0 Å². The molecule has 2 aliphatic rings. The van der Waals surface area contributed by atoms with Gasteiger partial charge in [-0.15, -0.1) is 0 Å². The second kappa shape index (κ2) is 4.38. The van der Waals surface area contributed by atoms with E-state index in [4.69, 9.17) is 5.26 Å². The van der Waals surface area contributed by atoms with Crippen molar-refractivity contribution in [2.24, 2.45) is 0 Å². The van der Waals surface area contributed by atoms with Crippen molar-refractivity contribution in [1.82, 2.24) is 5.32 Å². The Hall–Kier alpha value is -1.53. The summed E-state index contributed by atoms with van der Waals surface area (Å²) in [4.78, 5) is 0. The van der Waals surface area contributed by atoms with Crippen LogP contribution in [0, 0.1) is 11.3 Å². The third-order valence-electron chi connectivity index (χ3n) is 3.88. The van der Waals surface area contributed by atoms with Crippen LogP contribution in [-0.4, -0.2) is 18.1 Å². The molecule has 17 heavy (non-hydrogen) atoms. The molecule has 2 N–H and O–H groups in total. The summed E-state index contributed by atoms with van der Waals surface area (Å²) in [7, 11) is 0. The lowest BCUT2D eigenvalue weighted by molar-refractivity contribution is 0.378. The average molecular weight is 227 g/mol. The fourth-order valence-corrected chi connectivity index (χ4v) is 3.10. The average Bonchev–Trinajstić information content (AvgIpc) is 2.69. The predicted octanol–water partition coefficient (Wildman–Crippen LogP) is 2.25. The molecule has 0 radical (unpaired) electrons. The van der Waals surface area contributed by atoms with Crippen molar-refractivity contribution in [2.45, 2.75) is 43.8 Å². The summed E-state index contributed by atoms with van der Waals surface area (Å²) in [5, 5.41) is 16.2. The van der Waals surface area contributed by atoms with E-state index in [-0.39, 0.29) is 0 Å². The second-order valence-corrected chi connectivity index (χ2v) is 5.11. The Labute approximate surface area is 102 Å². The maximum Gasteiger partial charge on any atom is 0.101 e. The van der Waals surface area contributed by atoms with Gasteiger partial charge in [0, 0.05) is 18.1 Å². The van der Waals surface area contributed by atoms with Crippen LogP contribution in [0.3, 0.4) is 0 Å². The number of para-hydroxylation sites is 1. The van der Waals surface area contributed by atoms with Crippen LogP contribution in [0.2, 0.25) is 0 Å². The van der Waals surface area contributed by atoms with E-state index in [2.05, 4.69) is 16.7 Å². The van der Waals surface area contributed by atoms with Crippen LogP contribution in [0.5, 0.6) is 0 Å². The van der Waals surface area contributed by atoms with E-state index in [1.807, 2.05) is 24.3 Å². The Morgan fingerprint density at radius 1 is 1.18 bits per heavy atom. The summed E-state index contributed by atoms with van der Waals surface area (Å²) in [6.07, 6.45) is 4.97. The predicted molar refractivity (Wildman–Crippen MR) is 67.7 cm³/mol. The Morgan fingerprint density at radius 3 is 2.59 bits per heavy atom. The van der Waals surface area contributed by atoms with Crippen LogP contribution in [0.1, 0.15) is 31.2 Å². The van der Waals surface area contributed by atoms with Crippen LogP contribution in [0.15, 0.2) is 24.3 Å². The van der Waals surface area contributed by atoms with Gasteiger partial charge >= 0.3 is 0 Å². The van der Waals surface area contributed by atoms with Crippen molar-refractivity contribution in [3.63, 3.8) is 0 Å². The monoisotopic (exact) mass is 227 g/mol. The highest BCUT2D eigenvalue weighted by atomic mass is 15.0. The van der Waals surface area contributed by atoms with Gasteiger partial charge in [-0.3, -0.25) is 0 Å². The van der Waals surface area contributed by atoms with Gasteiger partial charge in [-0.2, -0.15) is 5.26 Å². The molecule has 2 saturated heterocycles. The van der Waals surface area contributed by atoms with E-state index in [0.717, 1.165) is 11.3 Å². The third kappa shape index (κ3) is 2.13. The largest absolute Gasteiger partial charge is 0.381 e. The highest BCUT2D eigenvalue weighted by Crippen LogP contribution is 2.29. The first-order valence-corrected chi connectivity index (χ1v) is 6.37. The fraction of sp³-hybridized carbons (Fsp3) is 0.500. The molecule has 0 spiro atoms. The van der Waals surface area contributed by atoms with Crippen LogP contribution in [0.4, 0.5) is 5.69 Å². The summed E-state index contributed by atoms with van der Waals surface area (Å²) < 4.78 is 0. The van der Waals surface area contributed by atoms with Gasteiger partial charge in [0.05, 0.1) is 11.3 Å². The zero-order valence-electron chi connectivity index (χ0n) is 9.82. The minimum absolute atomic E-state index is 0.517. The highest BCUT2D eigenvalue weighted by Gasteiger charge is 2.33. The lowest BCUT2D eigenvalue weighted by Gasteiger charge is -2.30. The van der Waals surface area contributed by atoms with E-state index < -0.39 is 0 Å². The van der Waals surface area contributed by atoms with Gasteiger partial charge < -0.3 is 10.6 Å². The highest BCUT2D eigenvalue weighted by molar-refractivity contribution is 5.57. The molecule has 2 atom stereocenters. The van der Waals surface area contributed by atoms with Crippen LogP contribution >= 0.6 is 0 Å². The first-order valence-electron chi connectivity index (χ1n) is 6.37. The summed E-state index contributed by atoms with van der Waals surface area (Å²) in [5.41, 5.74) is 1.74. The summed E-state index contributed by atoms with van der Waals surface area (Å²) in [6.45, 7) is 0. The lowest BCUT2D eigenvalue weighted by Crippen LogP contribution is -2.43. The fourth-order valence-electron chi connectivity index (χ4n) is 3.10. The molecular formula is C14H17N3. The van der Waals surface area contributed by atoms with E-state index in [9.17, 15) is 0 Å². The number of nitriles is 1. The maximum absolute atomic E-state index is 9.06. The molecule has 2 bridgehead atoms. The first-order chi connectivity index (χ1) is 8.35. The van der Waals surface area contributed by atoms with Crippen molar-refractivity contribution < 1.29 is 0 Å². The van der Waals surface area contributed by atoms with Crippen molar-refractivity contribution in [2.75, 3.05) is 5.32 Å². The Balaban J connectivity index is 1.73. The number of hydrogen-bond donors (Lipinski definition) is 2. The lowest BCUT2D eigenvalue weighted by atomic mass is 9.99. The first kappa shape index (κ1) is 10.6. The van der Waals surface area contributed by atoms with Gasteiger partial charge in [0.15, 0.2) is 0 Å². The van der Waals surface area contributed by atoms with Crippen LogP contribution in [-0.2, 0) is 0 Å². The number of anilines is 1. The standard InChI is InChI=1S/C14H17N3/c15-9-10-3-1-2-4-14(10)17-13-7-11-5-6-12(8-13)16-11/h1-4,11-13,16-17H,5-8H2. The Kier molecular flexibility index (Phi) is 2.74. The second-order valence-electron chi connectivity index (χ2n) is 5.11. The zero-order valence-corrected chi connectivity index (χ0v) is 9.82. The topological polar surface area (TPSA) is 47.9 Å². The number of nitrogens with one attached hydrogen (secondary N) is 2. The molecule has 88 valence electrons. The van der Waals surface area contributed by atoms with Gasteiger partial charge in [0.2, 0.25) is 0 Å².